The molecule has 4 heteroatoms. The Kier molecular flexibility index (Phi) is 4.32. The summed E-state index contributed by atoms with van der Waals surface area (Å²) >= 11 is 5.80. The summed E-state index contributed by atoms with van der Waals surface area (Å²) in [5.41, 5.74) is 0.372. The summed E-state index contributed by atoms with van der Waals surface area (Å²) in [7, 11) is 1.73. The summed E-state index contributed by atoms with van der Waals surface area (Å²) in [6.07, 6.45) is -0.388. The van der Waals surface area contributed by atoms with E-state index in [9.17, 15) is 9.50 Å². The number of nitrogens with one attached hydrogen (secondary N) is 1. The lowest BCUT2D eigenvalue weighted by Gasteiger charge is -2.11. The van der Waals surface area contributed by atoms with Crippen molar-refractivity contribution in [2.24, 2.45) is 0 Å². The minimum atomic E-state index is -0.616. The van der Waals surface area contributed by atoms with Gasteiger partial charge in [-0.05, 0) is 19.2 Å². The Labute approximate surface area is 87.7 Å². The molecule has 1 unspecified atom stereocenters. The predicted molar refractivity (Wildman–Crippen MR) is 55.0 cm³/mol. The van der Waals surface area contributed by atoms with Crippen LogP contribution in [0.4, 0.5) is 4.39 Å². The topological polar surface area (TPSA) is 32.3 Å². The quantitative estimate of drug-likeness (QED) is 0.803. The van der Waals surface area contributed by atoms with Gasteiger partial charge in [-0.25, -0.2) is 4.39 Å². The Morgan fingerprint density at radius 1 is 1.57 bits per heavy atom. The maximum Gasteiger partial charge on any atom is 0.127 e. The van der Waals surface area contributed by atoms with E-state index in [1.807, 2.05) is 0 Å². The molecule has 0 aliphatic rings. The van der Waals surface area contributed by atoms with Crippen LogP contribution in [-0.4, -0.2) is 24.8 Å². The van der Waals surface area contributed by atoms with E-state index >= 15 is 0 Å². The van der Waals surface area contributed by atoms with Gasteiger partial charge in [0.05, 0.1) is 6.10 Å². The van der Waals surface area contributed by atoms with E-state index in [0.29, 0.717) is 17.1 Å². The molecular weight excluding hydrogens is 205 g/mol. The van der Waals surface area contributed by atoms with Crippen molar-refractivity contribution in [3.05, 3.63) is 34.6 Å². The number of hydrogen-bond donors (Lipinski definition) is 2. The molecule has 0 spiro atoms. The van der Waals surface area contributed by atoms with Crippen LogP contribution in [0.1, 0.15) is 5.56 Å². The maximum atomic E-state index is 13.2. The second-order valence-corrected chi connectivity index (χ2v) is 3.52. The standard InChI is InChI=1S/C10H13ClFNO/c1-13-6-7(14)5-8-9(11)3-2-4-10(8)12/h2-4,7,13-14H,5-6H2,1H3. The van der Waals surface area contributed by atoms with Crippen LogP contribution >= 0.6 is 11.6 Å². The average molecular weight is 218 g/mol. The first kappa shape index (κ1) is 11.4. The van der Waals surface area contributed by atoms with Gasteiger partial charge in [-0.2, -0.15) is 0 Å². The lowest BCUT2D eigenvalue weighted by molar-refractivity contribution is 0.173. The fraction of sp³-hybridized carbons (Fsp3) is 0.400. The number of halogens is 2. The minimum absolute atomic E-state index is 0.229. The van der Waals surface area contributed by atoms with Crippen molar-refractivity contribution >= 4 is 11.6 Å². The first-order valence-electron chi connectivity index (χ1n) is 4.40. The SMILES string of the molecule is CNCC(O)Cc1c(F)cccc1Cl. The molecule has 1 rings (SSSR count). The number of aliphatic hydroxyl groups is 1. The van der Waals surface area contributed by atoms with Crippen LogP contribution in [0.5, 0.6) is 0 Å². The summed E-state index contributed by atoms with van der Waals surface area (Å²) in [4.78, 5) is 0. The van der Waals surface area contributed by atoms with Gasteiger partial charge in [-0.15, -0.1) is 0 Å². The maximum absolute atomic E-state index is 13.2. The van der Waals surface area contributed by atoms with Gasteiger partial charge in [0.15, 0.2) is 0 Å². The largest absolute Gasteiger partial charge is 0.391 e. The molecule has 0 aromatic heterocycles. The van der Waals surface area contributed by atoms with Crippen molar-refractivity contribution in [2.45, 2.75) is 12.5 Å². The van der Waals surface area contributed by atoms with Crippen LogP contribution in [0.2, 0.25) is 5.02 Å². The van der Waals surface area contributed by atoms with Gasteiger partial charge in [0, 0.05) is 23.6 Å². The summed E-state index contributed by atoms with van der Waals surface area (Å²) in [6.45, 7) is 0.421. The van der Waals surface area contributed by atoms with Gasteiger partial charge < -0.3 is 10.4 Å². The van der Waals surface area contributed by atoms with Crippen LogP contribution in [0.25, 0.3) is 0 Å². The fourth-order valence-electron chi connectivity index (χ4n) is 1.27. The monoisotopic (exact) mass is 217 g/mol. The number of likely N-dealkylation sites (N-methyl/N-ethyl adjacent to an activating group) is 1. The first-order chi connectivity index (χ1) is 6.65. The second-order valence-electron chi connectivity index (χ2n) is 3.12. The molecule has 78 valence electrons. The third-order valence-corrected chi connectivity index (χ3v) is 2.30. The first-order valence-corrected chi connectivity index (χ1v) is 4.78. The molecule has 0 saturated heterocycles. The summed E-state index contributed by atoms with van der Waals surface area (Å²) in [5.74, 6) is -0.368. The molecule has 0 amide bonds. The average Bonchev–Trinajstić information content (AvgIpc) is 2.12. The van der Waals surface area contributed by atoms with Gasteiger partial charge in [-0.3, -0.25) is 0 Å². The Morgan fingerprint density at radius 2 is 2.29 bits per heavy atom. The van der Waals surface area contributed by atoms with Crippen LogP contribution in [-0.2, 0) is 6.42 Å². The molecule has 0 saturated carbocycles. The second kappa shape index (κ2) is 5.29. The molecule has 1 aromatic carbocycles. The van der Waals surface area contributed by atoms with Crippen LogP contribution in [0.3, 0.4) is 0 Å². The van der Waals surface area contributed by atoms with E-state index in [1.54, 1.807) is 19.2 Å². The van der Waals surface area contributed by atoms with E-state index in [4.69, 9.17) is 11.6 Å². The van der Waals surface area contributed by atoms with Gasteiger partial charge >= 0.3 is 0 Å². The predicted octanol–water partition coefficient (Wildman–Crippen LogP) is 1.60. The zero-order valence-electron chi connectivity index (χ0n) is 7.93. The molecule has 2 nitrogen and oxygen atoms in total. The van der Waals surface area contributed by atoms with Gasteiger partial charge in [0.1, 0.15) is 5.82 Å². The zero-order chi connectivity index (χ0) is 10.6. The molecule has 0 aliphatic heterocycles. The Morgan fingerprint density at radius 3 is 2.86 bits per heavy atom. The van der Waals surface area contributed by atoms with Crippen molar-refractivity contribution in [3.63, 3.8) is 0 Å². The third kappa shape index (κ3) is 2.94. The lowest BCUT2D eigenvalue weighted by Crippen LogP contribution is -2.25. The highest BCUT2D eigenvalue weighted by Crippen LogP contribution is 2.20. The molecule has 1 atom stereocenters. The van der Waals surface area contributed by atoms with Crippen LogP contribution in [0, 0.1) is 5.82 Å². The van der Waals surface area contributed by atoms with Crippen molar-refractivity contribution in [2.75, 3.05) is 13.6 Å². The van der Waals surface area contributed by atoms with Crippen molar-refractivity contribution < 1.29 is 9.50 Å². The Hall–Kier alpha value is -0.640. The fourth-order valence-corrected chi connectivity index (χ4v) is 1.51. The Bertz CT molecular complexity index is 286. The van der Waals surface area contributed by atoms with Crippen molar-refractivity contribution in [3.8, 4) is 0 Å². The Balaban J connectivity index is 2.75. The number of rotatable bonds is 4. The lowest BCUT2D eigenvalue weighted by atomic mass is 10.1. The van der Waals surface area contributed by atoms with Crippen LogP contribution < -0.4 is 5.32 Å². The molecule has 0 radical (unpaired) electrons. The van der Waals surface area contributed by atoms with Gasteiger partial charge in [-0.1, -0.05) is 17.7 Å². The smallest absolute Gasteiger partial charge is 0.127 e. The van der Waals surface area contributed by atoms with E-state index in [1.165, 1.54) is 6.07 Å². The molecule has 0 heterocycles. The molecule has 2 N–H and O–H groups in total. The normalized spacial score (nSPS) is 12.9. The van der Waals surface area contributed by atoms with E-state index in [0.717, 1.165) is 0 Å². The van der Waals surface area contributed by atoms with Gasteiger partial charge in [0.25, 0.3) is 0 Å². The van der Waals surface area contributed by atoms with E-state index in [-0.39, 0.29) is 12.2 Å². The number of benzene rings is 1. The molecule has 1 aromatic rings. The summed E-state index contributed by atoms with van der Waals surface area (Å²) < 4.78 is 13.2. The van der Waals surface area contributed by atoms with E-state index < -0.39 is 6.10 Å². The van der Waals surface area contributed by atoms with Crippen molar-refractivity contribution in [1.29, 1.82) is 0 Å². The third-order valence-electron chi connectivity index (χ3n) is 1.94. The molecule has 14 heavy (non-hydrogen) atoms. The number of hydrogen-bond acceptors (Lipinski definition) is 2. The number of aliphatic hydroxyl groups excluding tert-OH is 1. The summed E-state index contributed by atoms with van der Waals surface area (Å²) in [6, 6.07) is 4.50. The van der Waals surface area contributed by atoms with Crippen LogP contribution in [0.15, 0.2) is 18.2 Å². The summed E-state index contributed by atoms with van der Waals surface area (Å²) in [5, 5.41) is 12.6. The molecule has 0 bridgehead atoms. The molecule has 0 aliphatic carbocycles. The zero-order valence-corrected chi connectivity index (χ0v) is 8.68. The molecular formula is C10H13ClFNO. The highest BCUT2D eigenvalue weighted by molar-refractivity contribution is 6.31. The van der Waals surface area contributed by atoms with E-state index in [2.05, 4.69) is 5.32 Å². The minimum Gasteiger partial charge on any atom is -0.391 e. The highest BCUT2D eigenvalue weighted by Gasteiger charge is 2.11. The van der Waals surface area contributed by atoms with Gasteiger partial charge in [0.2, 0.25) is 0 Å². The molecule has 0 fully saturated rings. The highest BCUT2D eigenvalue weighted by atomic mass is 35.5. The van der Waals surface area contributed by atoms with Crippen molar-refractivity contribution in [1.82, 2.24) is 5.32 Å².